The van der Waals surface area contributed by atoms with Gasteiger partial charge in [-0.3, -0.25) is 4.79 Å². The molecule has 2 aromatic rings. The van der Waals surface area contributed by atoms with Crippen LogP contribution in [0.25, 0.3) is 0 Å². The monoisotopic (exact) mass is 343 g/mol. The number of nitrogens with two attached hydrogens (primary N) is 1. The number of halogens is 3. The van der Waals surface area contributed by atoms with Gasteiger partial charge in [0.1, 0.15) is 11.0 Å². The van der Waals surface area contributed by atoms with Gasteiger partial charge in [-0.05, 0) is 40.2 Å². The molecule has 0 aliphatic rings. The predicted octanol–water partition coefficient (Wildman–Crippen LogP) is 3.47. The zero-order chi connectivity index (χ0) is 14.0. The van der Waals surface area contributed by atoms with Crippen molar-refractivity contribution in [3.63, 3.8) is 0 Å². The van der Waals surface area contributed by atoms with Crippen molar-refractivity contribution in [2.75, 3.05) is 11.1 Å². The quantitative estimate of drug-likeness (QED) is 0.820. The van der Waals surface area contributed by atoms with Crippen LogP contribution in [0.1, 0.15) is 10.4 Å². The molecule has 1 amide bonds. The Morgan fingerprint density at radius 2 is 2.16 bits per heavy atom. The smallest absolute Gasteiger partial charge is 0.257 e. The minimum absolute atomic E-state index is 0.164. The summed E-state index contributed by atoms with van der Waals surface area (Å²) in [6.45, 7) is 0. The molecule has 0 radical (unpaired) electrons. The summed E-state index contributed by atoms with van der Waals surface area (Å²) in [5, 5.41) is 2.77. The molecule has 1 heterocycles. The molecular formula is C12H8BrClFN3O. The largest absolute Gasteiger partial charge is 0.397 e. The lowest BCUT2D eigenvalue weighted by molar-refractivity contribution is 0.102. The Kier molecular flexibility index (Phi) is 4.01. The van der Waals surface area contributed by atoms with Crippen LogP contribution in [0.15, 0.2) is 34.9 Å². The van der Waals surface area contributed by atoms with E-state index in [4.69, 9.17) is 17.3 Å². The molecule has 19 heavy (non-hydrogen) atoms. The van der Waals surface area contributed by atoms with Gasteiger partial charge in [0.15, 0.2) is 0 Å². The van der Waals surface area contributed by atoms with Crippen LogP contribution < -0.4 is 11.1 Å². The van der Waals surface area contributed by atoms with E-state index in [-0.39, 0.29) is 16.4 Å². The first-order valence-electron chi connectivity index (χ1n) is 5.15. The summed E-state index contributed by atoms with van der Waals surface area (Å²) in [6, 6.07) is 5.29. The van der Waals surface area contributed by atoms with Gasteiger partial charge in [0.05, 0.1) is 23.1 Å². The van der Waals surface area contributed by atoms with Gasteiger partial charge in [0, 0.05) is 4.47 Å². The Morgan fingerprint density at radius 3 is 2.84 bits per heavy atom. The summed E-state index contributed by atoms with van der Waals surface area (Å²) in [6.07, 6.45) is 1.30. The fraction of sp³-hybridized carbons (Fsp3) is 0. The van der Waals surface area contributed by atoms with Crippen molar-refractivity contribution in [1.29, 1.82) is 0 Å². The van der Waals surface area contributed by atoms with E-state index < -0.39 is 11.7 Å². The number of nitrogen functional groups attached to an aromatic ring is 1. The first-order valence-corrected chi connectivity index (χ1v) is 6.32. The Hall–Kier alpha value is -1.66. The predicted molar refractivity (Wildman–Crippen MR) is 75.7 cm³/mol. The molecule has 1 aromatic carbocycles. The number of carbonyl (C=O) groups is 1. The highest BCUT2D eigenvalue weighted by molar-refractivity contribution is 9.10. The van der Waals surface area contributed by atoms with Gasteiger partial charge >= 0.3 is 0 Å². The summed E-state index contributed by atoms with van der Waals surface area (Å²) in [4.78, 5) is 15.8. The number of rotatable bonds is 2. The Bertz CT molecular complexity index is 651. The molecule has 0 fully saturated rings. The number of hydrogen-bond donors (Lipinski definition) is 2. The van der Waals surface area contributed by atoms with E-state index in [1.54, 1.807) is 0 Å². The van der Waals surface area contributed by atoms with Crippen molar-refractivity contribution in [3.05, 3.63) is 51.5 Å². The summed E-state index contributed by atoms with van der Waals surface area (Å²) in [5.74, 6) is -0.856. The first-order chi connectivity index (χ1) is 8.97. The van der Waals surface area contributed by atoms with E-state index >= 15 is 0 Å². The van der Waals surface area contributed by atoms with Gasteiger partial charge in [-0.2, -0.15) is 0 Å². The lowest BCUT2D eigenvalue weighted by atomic mass is 10.2. The van der Waals surface area contributed by atoms with Crippen LogP contribution in [0.5, 0.6) is 0 Å². The third-order valence-electron chi connectivity index (χ3n) is 2.33. The van der Waals surface area contributed by atoms with Crippen molar-refractivity contribution in [3.8, 4) is 0 Å². The summed E-state index contributed by atoms with van der Waals surface area (Å²) in [7, 11) is 0. The van der Waals surface area contributed by atoms with Crippen LogP contribution in [-0.2, 0) is 0 Å². The van der Waals surface area contributed by atoms with Crippen molar-refractivity contribution in [2.24, 2.45) is 0 Å². The number of amides is 1. The summed E-state index contributed by atoms with van der Waals surface area (Å²) >= 11 is 8.87. The van der Waals surface area contributed by atoms with Crippen LogP contribution in [-0.4, -0.2) is 10.9 Å². The Morgan fingerprint density at radius 1 is 1.42 bits per heavy atom. The number of nitrogens with zero attached hydrogens (tertiary/aromatic N) is 1. The number of nitrogens with one attached hydrogen (secondary N) is 1. The molecule has 0 saturated heterocycles. The van der Waals surface area contributed by atoms with Crippen molar-refractivity contribution in [1.82, 2.24) is 4.98 Å². The minimum atomic E-state index is -0.450. The molecule has 2 rings (SSSR count). The zero-order valence-corrected chi connectivity index (χ0v) is 11.8. The van der Waals surface area contributed by atoms with Crippen LogP contribution >= 0.6 is 27.5 Å². The fourth-order valence-corrected chi connectivity index (χ4v) is 2.03. The zero-order valence-electron chi connectivity index (χ0n) is 9.45. The van der Waals surface area contributed by atoms with Gasteiger partial charge in [-0.15, -0.1) is 0 Å². The van der Waals surface area contributed by atoms with E-state index in [2.05, 4.69) is 26.2 Å². The number of hydrogen-bond acceptors (Lipinski definition) is 3. The van der Waals surface area contributed by atoms with Crippen molar-refractivity contribution < 1.29 is 9.18 Å². The Balaban J connectivity index is 2.28. The van der Waals surface area contributed by atoms with Gasteiger partial charge in [0.25, 0.3) is 5.91 Å². The molecule has 0 unspecified atom stereocenters. The summed E-state index contributed by atoms with van der Waals surface area (Å²) < 4.78 is 13.4. The second-order valence-corrected chi connectivity index (χ2v) is 4.91. The van der Waals surface area contributed by atoms with Crippen molar-refractivity contribution in [2.45, 2.75) is 0 Å². The van der Waals surface area contributed by atoms with E-state index in [1.807, 2.05) is 0 Å². The number of pyridine rings is 1. The third-order valence-corrected chi connectivity index (χ3v) is 3.19. The van der Waals surface area contributed by atoms with Gasteiger partial charge in [-0.25, -0.2) is 9.37 Å². The highest BCUT2D eigenvalue weighted by Crippen LogP contribution is 2.24. The van der Waals surface area contributed by atoms with Crippen molar-refractivity contribution >= 4 is 44.8 Å². The normalized spacial score (nSPS) is 10.3. The molecule has 7 heteroatoms. The molecule has 98 valence electrons. The maximum atomic E-state index is 12.9. The van der Waals surface area contributed by atoms with Crippen LogP contribution in [0.2, 0.25) is 5.15 Å². The van der Waals surface area contributed by atoms with Crippen LogP contribution in [0.4, 0.5) is 15.8 Å². The lowest BCUT2D eigenvalue weighted by Crippen LogP contribution is -2.14. The molecular weight excluding hydrogens is 337 g/mol. The van der Waals surface area contributed by atoms with Crippen LogP contribution in [0.3, 0.4) is 0 Å². The average molecular weight is 345 g/mol. The first kappa shape index (κ1) is 13.8. The van der Waals surface area contributed by atoms with Crippen LogP contribution in [0, 0.1) is 5.82 Å². The highest BCUT2D eigenvalue weighted by atomic mass is 79.9. The topological polar surface area (TPSA) is 68.0 Å². The summed E-state index contributed by atoms with van der Waals surface area (Å²) in [5.41, 5.74) is 6.50. The van der Waals surface area contributed by atoms with E-state index in [1.165, 1.54) is 30.5 Å². The van der Waals surface area contributed by atoms with Gasteiger partial charge in [-0.1, -0.05) is 11.6 Å². The number of carbonyl (C=O) groups excluding carboxylic acids is 1. The third kappa shape index (κ3) is 3.21. The molecule has 4 nitrogen and oxygen atoms in total. The molecule has 0 spiro atoms. The highest BCUT2D eigenvalue weighted by Gasteiger charge is 2.13. The molecule has 0 saturated carbocycles. The standard InChI is InChI=1S/C12H8BrClFN3O/c13-8-3-6(15)1-2-10(8)18-12(19)7-4-11(14)17-5-9(7)16/h1-5H,16H2,(H,18,19). The lowest BCUT2D eigenvalue weighted by Gasteiger charge is -2.09. The maximum absolute atomic E-state index is 12.9. The molecule has 1 aromatic heterocycles. The number of anilines is 2. The molecule has 0 aliphatic carbocycles. The molecule has 0 bridgehead atoms. The van der Waals surface area contributed by atoms with Gasteiger partial charge < -0.3 is 11.1 Å². The van der Waals surface area contributed by atoms with E-state index in [9.17, 15) is 9.18 Å². The fourth-order valence-electron chi connectivity index (χ4n) is 1.42. The second-order valence-electron chi connectivity index (χ2n) is 3.67. The number of aromatic nitrogens is 1. The Labute approximate surface area is 121 Å². The number of benzene rings is 1. The second kappa shape index (κ2) is 5.54. The molecule has 0 atom stereocenters. The molecule has 3 N–H and O–H groups in total. The SMILES string of the molecule is Nc1cnc(Cl)cc1C(=O)Nc1ccc(F)cc1Br. The minimum Gasteiger partial charge on any atom is -0.397 e. The molecule has 0 aliphatic heterocycles. The average Bonchev–Trinajstić information content (AvgIpc) is 2.35. The van der Waals surface area contributed by atoms with Gasteiger partial charge in [0.2, 0.25) is 0 Å². The van der Waals surface area contributed by atoms with E-state index in [0.717, 1.165) is 0 Å². The van der Waals surface area contributed by atoms with E-state index in [0.29, 0.717) is 10.2 Å². The maximum Gasteiger partial charge on any atom is 0.257 e.